The molecular formula is C24H32BFN2O4. The number of hydrogen-bond donors (Lipinski definition) is 3. The van der Waals surface area contributed by atoms with Crippen LogP contribution >= 0.6 is 0 Å². The summed E-state index contributed by atoms with van der Waals surface area (Å²) in [4.78, 5) is 26.6. The standard InChI is InChI=1S/C24H32BFN2O4/c1-7-8-21(24(4,5)6)28(23(30)17-12-15(2)11-16(3)13-17)27-22(29)19-10-9-18(25(31)32)14-20(19)26/h9-14,21,31-32H,7-8H2,1-6H3,(H,27,29). The highest BCUT2D eigenvalue weighted by Crippen LogP contribution is 2.29. The summed E-state index contributed by atoms with van der Waals surface area (Å²) in [6.07, 6.45) is 1.42. The molecule has 0 aromatic heterocycles. The lowest BCUT2D eigenvalue weighted by Gasteiger charge is -2.40. The summed E-state index contributed by atoms with van der Waals surface area (Å²) < 4.78 is 14.5. The van der Waals surface area contributed by atoms with E-state index in [4.69, 9.17) is 0 Å². The number of halogens is 1. The normalized spacial score (nSPS) is 12.3. The van der Waals surface area contributed by atoms with Crippen LogP contribution in [0.25, 0.3) is 0 Å². The topological polar surface area (TPSA) is 89.9 Å². The van der Waals surface area contributed by atoms with E-state index in [-0.39, 0.29) is 28.4 Å². The largest absolute Gasteiger partial charge is 0.488 e. The van der Waals surface area contributed by atoms with E-state index >= 15 is 0 Å². The summed E-state index contributed by atoms with van der Waals surface area (Å²) in [6.45, 7) is 11.7. The molecule has 1 unspecified atom stereocenters. The summed E-state index contributed by atoms with van der Waals surface area (Å²) >= 11 is 0. The first-order chi connectivity index (χ1) is 14.8. The van der Waals surface area contributed by atoms with E-state index in [9.17, 15) is 24.0 Å². The highest BCUT2D eigenvalue weighted by Gasteiger charge is 2.35. The molecule has 172 valence electrons. The Hall–Kier alpha value is -2.71. The highest BCUT2D eigenvalue weighted by atomic mass is 19.1. The minimum atomic E-state index is -1.85. The maximum Gasteiger partial charge on any atom is 0.488 e. The van der Waals surface area contributed by atoms with Crippen LogP contribution in [-0.4, -0.2) is 40.0 Å². The molecule has 0 radical (unpaired) electrons. The summed E-state index contributed by atoms with van der Waals surface area (Å²) in [5, 5.41) is 19.8. The second kappa shape index (κ2) is 10.3. The van der Waals surface area contributed by atoms with Crippen LogP contribution in [0.3, 0.4) is 0 Å². The quantitative estimate of drug-likeness (QED) is 0.474. The number of carbonyl (C=O) groups is 2. The molecule has 32 heavy (non-hydrogen) atoms. The minimum absolute atomic E-state index is 0.0687. The van der Waals surface area contributed by atoms with Gasteiger partial charge in [-0.05, 0) is 55.4 Å². The molecule has 0 heterocycles. The monoisotopic (exact) mass is 442 g/mol. The van der Waals surface area contributed by atoms with Gasteiger partial charge in [0.15, 0.2) is 0 Å². The number of hydrazine groups is 1. The third-order valence-corrected chi connectivity index (χ3v) is 5.32. The lowest BCUT2D eigenvalue weighted by molar-refractivity contribution is 0.0269. The number of rotatable bonds is 6. The average molecular weight is 442 g/mol. The predicted octanol–water partition coefficient (Wildman–Crippen LogP) is 3.12. The molecule has 0 saturated heterocycles. The van der Waals surface area contributed by atoms with Crippen LogP contribution in [0.15, 0.2) is 36.4 Å². The number of benzene rings is 2. The Kier molecular flexibility index (Phi) is 8.21. The number of aryl methyl sites for hydroxylation is 2. The van der Waals surface area contributed by atoms with Gasteiger partial charge in [-0.15, -0.1) is 0 Å². The van der Waals surface area contributed by atoms with Gasteiger partial charge in [0, 0.05) is 5.56 Å². The Morgan fingerprint density at radius 2 is 1.69 bits per heavy atom. The van der Waals surface area contributed by atoms with Gasteiger partial charge in [-0.1, -0.05) is 57.4 Å². The van der Waals surface area contributed by atoms with Crippen LogP contribution in [0, 0.1) is 25.1 Å². The zero-order chi connectivity index (χ0) is 24.2. The maximum absolute atomic E-state index is 14.5. The second-order valence-corrected chi connectivity index (χ2v) is 9.28. The van der Waals surface area contributed by atoms with Gasteiger partial charge in [0.05, 0.1) is 11.6 Å². The average Bonchev–Trinajstić information content (AvgIpc) is 2.68. The van der Waals surface area contributed by atoms with E-state index in [1.807, 2.05) is 47.6 Å². The molecule has 0 aliphatic carbocycles. The van der Waals surface area contributed by atoms with Crippen LogP contribution in [0.1, 0.15) is 72.4 Å². The van der Waals surface area contributed by atoms with Crippen LogP contribution in [-0.2, 0) is 0 Å². The molecule has 3 N–H and O–H groups in total. The number of hydrogen-bond acceptors (Lipinski definition) is 4. The molecule has 0 fully saturated rings. The highest BCUT2D eigenvalue weighted by molar-refractivity contribution is 6.58. The molecule has 2 rings (SSSR count). The van der Waals surface area contributed by atoms with Gasteiger partial charge in [-0.25, -0.2) is 9.40 Å². The van der Waals surface area contributed by atoms with Crippen LogP contribution in [0.5, 0.6) is 0 Å². The number of carbonyl (C=O) groups excluding carboxylic acids is 2. The molecule has 8 heteroatoms. The minimum Gasteiger partial charge on any atom is -0.423 e. The molecule has 2 aromatic rings. The number of nitrogens with one attached hydrogen (secondary N) is 1. The first-order valence-electron chi connectivity index (χ1n) is 10.7. The van der Waals surface area contributed by atoms with E-state index in [0.29, 0.717) is 12.0 Å². The molecular weight excluding hydrogens is 410 g/mol. The Labute approximate surface area is 189 Å². The van der Waals surface area contributed by atoms with Gasteiger partial charge in [0.25, 0.3) is 11.8 Å². The molecule has 0 bridgehead atoms. The van der Waals surface area contributed by atoms with E-state index in [2.05, 4.69) is 5.43 Å². The smallest absolute Gasteiger partial charge is 0.423 e. The molecule has 0 spiro atoms. The van der Waals surface area contributed by atoms with Crippen molar-refractivity contribution < 1.29 is 24.0 Å². The van der Waals surface area contributed by atoms with Crippen LogP contribution < -0.4 is 10.9 Å². The molecule has 0 aliphatic heterocycles. The fourth-order valence-electron chi connectivity index (χ4n) is 3.78. The third-order valence-electron chi connectivity index (χ3n) is 5.32. The van der Waals surface area contributed by atoms with Crippen LogP contribution in [0.2, 0.25) is 0 Å². The summed E-state index contributed by atoms with van der Waals surface area (Å²) in [6, 6.07) is 8.46. The van der Waals surface area contributed by atoms with Crippen molar-refractivity contribution in [3.05, 3.63) is 64.5 Å². The zero-order valence-electron chi connectivity index (χ0n) is 19.6. The Balaban J connectivity index is 2.48. The van der Waals surface area contributed by atoms with E-state index in [1.54, 1.807) is 12.1 Å². The van der Waals surface area contributed by atoms with Crippen molar-refractivity contribution in [3.63, 3.8) is 0 Å². The summed E-state index contributed by atoms with van der Waals surface area (Å²) in [5.41, 5.74) is 4.19. The van der Waals surface area contributed by atoms with Gasteiger partial charge in [0.1, 0.15) is 5.82 Å². The Morgan fingerprint density at radius 1 is 1.09 bits per heavy atom. The van der Waals surface area contributed by atoms with Crippen molar-refractivity contribution in [2.75, 3.05) is 0 Å². The molecule has 0 saturated carbocycles. The third kappa shape index (κ3) is 6.17. The SMILES string of the molecule is CCCC(N(NC(=O)c1ccc(B(O)O)cc1F)C(=O)c1cc(C)cc(C)c1)C(C)(C)C. The fourth-order valence-corrected chi connectivity index (χ4v) is 3.78. The number of nitrogens with zero attached hydrogens (tertiary/aromatic N) is 1. The maximum atomic E-state index is 14.5. The second-order valence-electron chi connectivity index (χ2n) is 9.28. The van der Waals surface area contributed by atoms with Gasteiger partial charge < -0.3 is 10.0 Å². The van der Waals surface area contributed by atoms with Crippen molar-refractivity contribution in [3.8, 4) is 0 Å². The lowest BCUT2D eigenvalue weighted by Crippen LogP contribution is -2.56. The predicted molar refractivity (Wildman–Crippen MR) is 124 cm³/mol. The molecule has 2 amide bonds. The molecule has 2 aromatic carbocycles. The van der Waals surface area contributed by atoms with Gasteiger partial charge in [-0.2, -0.15) is 0 Å². The number of amides is 2. The van der Waals surface area contributed by atoms with Crippen molar-refractivity contribution in [2.45, 2.75) is 60.4 Å². The Bertz CT molecular complexity index is 968. The van der Waals surface area contributed by atoms with E-state index < -0.39 is 18.8 Å². The van der Waals surface area contributed by atoms with Crippen molar-refractivity contribution in [1.29, 1.82) is 0 Å². The van der Waals surface area contributed by atoms with Gasteiger partial charge in [0.2, 0.25) is 0 Å². The first-order valence-corrected chi connectivity index (χ1v) is 10.7. The Morgan fingerprint density at radius 3 is 2.16 bits per heavy atom. The lowest BCUT2D eigenvalue weighted by atomic mass is 9.80. The van der Waals surface area contributed by atoms with Crippen molar-refractivity contribution >= 4 is 24.4 Å². The molecule has 6 nitrogen and oxygen atoms in total. The fraction of sp³-hybridized carbons (Fsp3) is 0.417. The van der Waals surface area contributed by atoms with Crippen molar-refractivity contribution in [1.82, 2.24) is 10.4 Å². The van der Waals surface area contributed by atoms with Crippen molar-refractivity contribution in [2.24, 2.45) is 5.41 Å². The summed E-state index contributed by atoms with van der Waals surface area (Å²) in [5.74, 6) is -2.07. The first kappa shape index (κ1) is 25.6. The zero-order valence-corrected chi connectivity index (χ0v) is 19.6. The van der Waals surface area contributed by atoms with E-state index in [1.165, 1.54) is 17.1 Å². The van der Waals surface area contributed by atoms with Gasteiger partial charge in [-0.3, -0.25) is 15.0 Å². The van der Waals surface area contributed by atoms with E-state index in [0.717, 1.165) is 23.6 Å². The van der Waals surface area contributed by atoms with Crippen LogP contribution in [0.4, 0.5) is 4.39 Å². The molecule has 1 atom stereocenters. The van der Waals surface area contributed by atoms with Gasteiger partial charge >= 0.3 is 7.12 Å². The summed E-state index contributed by atoms with van der Waals surface area (Å²) in [7, 11) is -1.85. The molecule has 0 aliphatic rings.